The molecule has 0 spiro atoms. The number of likely N-dealkylation sites (N-methyl/N-ethyl adjacent to an activating group) is 1. The minimum absolute atomic E-state index is 0.0336. The number of hydrogen-bond acceptors (Lipinski definition) is 3. The molecular formula is C14H29N3O. The topological polar surface area (TPSA) is 44.4 Å². The highest BCUT2D eigenvalue weighted by atomic mass is 16.2. The van der Waals surface area contributed by atoms with Crippen molar-refractivity contribution >= 4 is 5.91 Å². The predicted molar refractivity (Wildman–Crippen MR) is 75.6 cm³/mol. The van der Waals surface area contributed by atoms with Crippen LogP contribution in [0.4, 0.5) is 0 Å². The van der Waals surface area contributed by atoms with Gasteiger partial charge in [-0.1, -0.05) is 13.8 Å². The van der Waals surface area contributed by atoms with E-state index in [9.17, 15) is 4.79 Å². The van der Waals surface area contributed by atoms with Crippen LogP contribution in [0.2, 0.25) is 0 Å². The second-order valence-corrected chi connectivity index (χ2v) is 5.34. The first-order chi connectivity index (χ1) is 8.60. The summed E-state index contributed by atoms with van der Waals surface area (Å²) in [6, 6.07) is 0.823. The van der Waals surface area contributed by atoms with Gasteiger partial charge in [0.25, 0.3) is 0 Å². The largest absolute Gasteiger partial charge is 0.352 e. The van der Waals surface area contributed by atoms with Gasteiger partial charge in [0.1, 0.15) is 0 Å². The molecular weight excluding hydrogens is 226 g/mol. The summed E-state index contributed by atoms with van der Waals surface area (Å²) in [5.41, 5.74) is 0. The first-order valence-electron chi connectivity index (χ1n) is 7.33. The molecule has 106 valence electrons. The molecule has 1 rings (SSSR count). The Balaban J connectivity index is 2.45. The lowest BCUT2D eigenvalue weighted by molar-refractivity contribution is -0.127. The maximum absolute atomic E-state index is 12.2. The second-order valence-electron chi connectivity index (χ2n) is 5.34. The minimum atomic E-state index is -0.0336. The average Bonchev–Trinajstić information content (AvgIpc) is 2.43. The fourth-order valence-corrected chi connectivity index (χ4v) is 2.53. The molecule has 1 heterocycles. The van der Waals surface area contributed by atoms with Crippen LogP contribution in [-0.2, 0) is 4.79 Å². The van der Waals surface area contributed by atoms with Gasteiger partial charge in [0.15, 0.2) is 0 Å². The van der Waals surface area contributed by atoms with Gasteiger partial charge >= 0.3 is 0 Å². The molecule has 2 N–H and O–H groups in total. The quantitative estimate of drug-likeness (QED) is 0.753. The summed E-state index contributed by atoms with van der Waals surface area (Å²) in [4.78, 5) is 14.4. The van der Waals surface area contributed by atoms with E-state index in [2.05, 4.69) is 36.4 Å². The third-order valence-corrected chi connectivity index (χ3v) is 4.21. The molecule has 18 heavy (non-hydrogen) atoms. The monoisotopic (exact) mass is 255 g/mol. The zero-order valence-electron chi connectivity index (χ0n) is 12.3. The molecule has 0 aromatic carbocycles. The Kier molecular flexibility index (Phi) is 6.65. The molecule has 4 heteroatoms. The van der Waals surface area contributed by atoms with Crippen molar-refractivity contribution in [1.82, 2.24) is 15.5 Å². The van der Waals surface area contributed by atoms with Crippen LogP contribution in [0, 0.1) is 0 Å². The minimum Gasteiger partial charge on any atom is -0.352 e. The van der Waals surface area contributed by atoms with E-state index >= 15 is 0 Å². The van der Waals surface area contributed by atoms with Crippen molar-refractivity contribution in [3.63, 3.8) is 0 Å². The normalized spacial score (nSPS) is 19.2. The summed E-state index contributed by atoms with van der Waals surface area (Å²) in [5, 5.41) is 6.50. The first-order valence-corrected chi connectivity index (χ1v) is 7.33. The molecule has 0 radical (unpaired) electrons. The molecule has 1 atom stereocenters. The van der Waals surface area contributed by atoms with Gasteiger partial charge in [0, 0.05) is 12.1 Å². The van der Waals surface area contributed by atoms with E-state index in [0.717, 1.165) is 38.8 Å². The maximum atomic E-state index is 12.2. The van der Waals surface area contributed by atoms with Gasteiger partial charge in [-0.3, -0.25) is 9.69 Å². The van der Waals surface area contributed by atoms with E-state index in [1.54, 1.807) is 0 Å². The maximum Gasteiger partial charge on any atom is 0.237 e. The smallest absolute Gasteiger partial charge is 0.237 e. The van der Waals surface area contributed by atoms with E-state index in [-0.39, 0.29) is 11.9 Å². The molecule has 0 aromatic rings. The Labute approximate surface area is 111 Å². The summed E-state index contributed by atoms with van der Waals surface area (Å²) in [6.45, 7) is 8.39. The van der Waals surface area contributed by atoms with E-state index in [1.807, 2.05) is 6.92 Å². The van der Waals surface area contributed by atoms with E-state index < -0.39 is 0 Å². The Morgan fingerprint density at radius 1 is 1.33 bits per heavy atom. The lowest BCUT2D eigenvalue weighted by Gasteiger charge is -2.35. The van der Waals surface area contributed by atoms with Gasteiger partial charge < -0.3 is 10.6 Å². The molecule has 1 saturated heterocycles. The highest BCUT2D eigenvalue weighted by Crippen LogP contribution is 2.13. The van der Waals surface area contributed by atoms with E-state index in [4.69, 9.17) is 0 Å². The van der Waals surface area contributed by atoms with Gasteiger partial charge in [-0.2, -0.15) is 0 Å². The Morgan fingerprint density at radius 2 is 1.89 bits per heavy atom. The molecule has 1 fully saturated rings. The zero-order chi connectivity index (χ0) is 13.5. The molecule has 4 nitrogen and oxygen atoms in total. The Bertz CT molecular complexity index is 247. The average molecular weight is 255 g/mol. The van der Waals surface area contributed by atoms with Crippen molar-refractivity contribution in [2.24, 2.45) is 0 Å². The third kappa shape index (κ3) is 4.25. The fraction of sp³-hybridized carbons (Fsp3) is 0.929. The van der Waals surface area contributed by atoms with Crippen molar-refractivity contribution in [3.05, 3.63) is 0 Å². The lowest BCUT2D eigenvalue weighted by atomic mass is 10.0. The number of piperidine rings is 1. The SMILES string of the molecule is CCC(CC)NC(=O)C(C)N(C)C1CCNCC1. The fourth-order valence-electron chi connectivity index (χ4n) is 2.53. The van der Waals surface area contributed by atoms with Crippen LogP contribution in [0.25, 0.3) is 0 Å². The van der Waals surface area contributed by atoms with Crippen molar-refractivity contribution in [2.75, 3.05) is 20.1 Å². The van der Waals surface area contributed by atoms with Gasteiger partial charge in [0.2, 0.25) is 5.91 Å². The Morgan fingerprint density at radius 3 is 2.39 bits per heavy atom. The van der Waals surface area contributed by atoms with Crippen LogP contribution in [0.3, 0.4) is 0 Å². The van der Waals surface area contributed by atoms with E-state index in [0.29, 0.717) is 12.1 Å². The van der Waals surface area contributed by atoms with Crippen molar-refractivity contribution in [2.45, 2.75) is 64.6 Å². The van der Waals surface area contributed by atoms with Crippen LogP contribution in [-0.4, -0.2) is 49.1 Å². The Hall–Kier alpha value is -0.610. The van der Waals surface area contributed by atoms with Crippen LogP contribution in [0.15, 0.2) is 0 Å². The molecule has 0 aromatic heterocycles. The number of carbonyl (C=O) groups is 1. The number of nitrogens with zero attached hydrogens (tertiary/aromatic N) is 1. The standard InChI is InChI=1S/C14H29N3O/c1-5-12(6-2)16-14(18)11(3)17(4)13-7-9-15-10-8-13/h11-13,15H,5-10H2,1-4H3,(H,16,18). The second kappa shape index (κ2) is 7.74. The summed E-state index contributed by atoms with van der Waals surface area (Å²) < 4.78 is 0. The number of rotatable bonds is 6. The van der Waals surface area contributed by atoms with Crippen molar-refractivity contribution in [3.8, 4) is 0 Å². The molecule has 1 unspecified atom stereocenters. The molecule has 1 aliphatic rings. The molecule has 1 aliphatic heterocycles. The molecule has 0 aliphatic carbocycles. The van der Waals surface area contributed by atoms with Crippen LogP contribution >= 0.6 is 0 Å². The van der Waals surface area contributed by atoms with Crippen LogP contribution in [0.5, 0.6) is 0 Å². The number of hydrogen-bond donors (Lipinski definition) is 2. The lowest BCUT2D eigenvalue weighted by Crippen LogP contribution is -2.52. The predicted octanol–water partition coefficient (Wildman–Crippen LogP) is 1.36. The van der Waals surface area contributed by atoms with E-state index in [1.165, 1.54) is 0 Å². The zero-order valence-corrected chi connectivity index (χ0v) is 12.3. The van der Waals surface area contributed by atoms with Gasteiger partial charge in [-0.15, -0.1) is 0 Å². The van der Waals surface area contributed by atoms with Crippen LogP contribution in [0.1, 0.15) is 46.5 Å². The number of nitrogens with one attached hydrogen (secondary N) is 2. The number of carbonyl (C=O) groups excluding carboxylic acids is 1. The molecule has 1 amide bonds. The van der Waals surface area contributed by atoms with Crippen molar-refractivity contribution in [1.29, 1.82) is 0 Å². The molecule has 0 saturated carbocycles. The summed E-state index contributed by atoms with van der Waals surface area (Å²) in [6.07, 6.45) is 4.29. The van der Waals surface area contributed by atoms with Gasteiger partial charge in [-0.05, 0) is 52.7 Å². The van der Waals surface area contributed by atoms with Gasteiger partial charge in [-0.25, -0.2) is 0 Å². The van der Waals surface area contributed by atoms with Crippen molar-refractivity contribution < 1.29 is 4.79 Å². The van der Waals surface area contributed by atoms with Crippen LogP contribution < -0.4 is 10.6 Å². The first kappa shape index (κ1) is 15.4. The highest BCUT2D eigenvalue weighted by Gasteiger charge is 2.26. The highest BCUT2D eigenvalue weighted by molar-refractivity contribution is 5.81. The number of amides is 1. The summed E-state index contributed by atoms with van der Waals surface area (Å²) in [7, 11) is 2.08. The summed E-state index contributed by atoms with van der Waals surface area (Å²) >= 11 is 0. The molecule has 0 bridgehead atoms. The van der Waals surface area contributed by atoms with Gasteiger partial charge in [0.05, 0.1) is 6.04 Å². The summed E-state index contributed by atoms with van der Waals surface area (Å²) in [5.74, 6) is 0.171. The third-order valence-electron chi connectivity index (χ3n) is 4.21.